The molecule has 116 valence electrons. The molecule has 2 amide bonds. The molecule has 0 saturated carbocycles. The van der Waals surface area contributed by atoms with Crippen molar-refractivity contribution >= 4 is 24.2 Å². The van der Waals surface area contributed by atoms with E-state index in [2.05, 4.69) is 5.32 Å². The summed E-state index contributed by atoms with van der Waals surface area (Å²) in [5.41, 5.74) is 6.04. The van der Waals surface area contributed by atoms with E-state index in [-0.39, 0.29) is 30.8 Å². The van der Waals surface area contributed by atoms with Crippen molar-refractivity contribution in [1.29, 1.82) is 0 Å². The molecule has 0 bridgehead atoms. The van der Waals surface area contributed by atoms with Gasteiger partial charge < -0.3 is 20.7 Å². The highest BCUT2D eigenvalue weighted by Crippen LogP contribution is 2.30. The number of para-hydroxylation sites is 1. The third-order valence-corrected chi connectivity index (χ3v) is 3.39. The average molecular weight is 314 g/mol. The highest BCUT2D eigenvalue weighted by molar-refractivity contribution is 5.96. The van der Waals surface area contributed by atoms with Gasteiger partial charge >= 0.3 is 0 Å². The second kappa shape index (κ2) is 7.85. The number of nitrogens with zero attached hydrogens (tertiary/aromatic N) is 1. The Bertz CT molecular complexity index is 510. The highest BCUT2D eigenvalue weighted by Gasteiger charge is 2.30. The maximum absolute atomic E-state index is 12.1. The molecule has 0 spiro atoms. The monoisotopic (exact) mass is 313 g/mol. The van der Waals surface area contributed by atoms with Gasteiger partial charge in [0.15, 0.2) is 0 Å². The Labute approximate surface area is 130 Å². The van der Waals surface area contributed by atoms with Crippen LogP contribution in [0.4, 0.5) is 0 Å². The zero-order valence-electron chi connectivity index (χ0n) is 11.9. The van der Waals surface area contributed by atoms with Gasteiger partial charge in [0.1, 0.15) is 12.2 Å². The largest absolute Gasteiger partial charge is 0.496 e. The third kappa shape index (κ3) is 4.09. The summed E-state index contributed by atoms with van der Waals surface area (Å²) in [5, 5.41) is 3.26. The van der Waals surface area contributed by atoms with Gasteiger partial charge in [-0.25, -0.2) is 0 Å². The molecule has 1 unspecified atom stereocenters. The van der Waals surface area contributed by atoms with Crippen molar-refractivity contribution in [2.45, 2.75) is 12.5 Å². The molecular formula is C14H20ClN3O3. The fourth-order valence-corrected chi connectivity index (χ4v) is 2.47. The first kappa shape index (κ1) is 17.3. The third-order valence-electron chi connectivity index (χ3n) is 3.39. The molecule has 1 saturated heterocycles. The summed E-state index contributed by atoms with van der Waals surface area (Å²) >= 11 is 0. The van der Waals surface area contributed by atoms with E-state index in [0.717, 1.165) is 11.3 Å². The van der Waals surface area contributed by atoms with Crippen molar-refractivity contribution in [3.8, 4) is 5.75 Å². The summed E-state index contributed by atoms with van der Waals surface area (Å²) in [6.07, 6.45) is -0.258. The molecular weight excluding hydrogens is 294 g/mol. The minimum absolute atomic E-state index is 0. The van der Waals surface area contributed by atoms with Crippen LogP contribution in [0.15, 0.2) is 24.3 Å². The van der Waals surface area contributed by atoms with Crippen LogP contribution in [0.2, 0.25) is 0 Å². The SMILES string of the molecule is COc1ccccc1C1CNCCN1C(=O)CC(N)=O.Cl. The number of primary amides is 1. The van der Waals surface area contributed by atoms with Gasteiger partial charge in [0, 0.05) is 25.2 Å². The number of hydrogen-bond acceptors (Lipinski definition) is 4. The molecule has 0 radical (unpaired) electrons. The maximum Gasteiger partial charge on any atom is 0.232 e. The number of ether oxygens (including phenoxy) is 1. The fourth-order valence-electron chi connectivity index (χ4n) is 2.47. The summed E-state index contributed by atoms with van der Waals surface area (Å²) in [6.45, 7) is 1.88. The van der Waals surface area contributed by atoms with Crippen molar-refractivity contribution in [3.05, 3.63) is 29.8 Å². The Morgan fingerprint density at radius 3 is 2.81 bits per heavy atom. The number of carbonyl (C=O) groups is 2. The lowest BCUT2D eigenvalue weighted by atomic mass is 10.0. The molecule has 6 nitrogen and oxygen atoms in total. The number of piperazine rings is 1. The zero-order valence-corrected chi connectivity index (χ0v) is 12.7. The molecule has 1 aromatic carbocycles. The molecule has 0 aromatic heterocycles. The van der Waals surface area contributed by atoms with E-state index < -0.39 is 5.91 Å². The molecule has 0 aliphatic carbocycles. The van der Waals surface area contributed by atoms with Crippen LogP contribution in [0, 0.1) is 0 Å². The number of benzene rings is 1. The Balaban J connectivity index is 0.00000220. The number of nitrogens with two attached hydrogens (primary N) is 1. The van der Waals surface area contributed by atoms with Crippen LogP contribution in [-0.4, -0.2) is 43.5 Å². The van der Waals surface area contributed by atoms with Gasteiger partial charge in [-0.15, -0.1) is 12.4 Å². The number of nitrogens with one attached hydrogen (secondary N) is 1. The van der Waals surface area contributed by atoms with E-state index in [1.807, 2.05) is 24.3 Å². The van der Waals surface area contributed by atoms with Crippen molar-refractivity contribution in [2.75, 3.05) is 26.7 Å². The highest BCUT2D eigenvalue weighted by atomic mass is 35.5. The predicted octanol–water partition coefficient (Wildman–Crippen LogP) is 0.465. The second-order valence-corrected chi connectivity index (χ2v) is 4.69. The van der Waals surface area contributed by atoms with E-state index in [9.17, 15) is 9.59 Å². The lowest BCUT2D eigenvalue weighted by Gasteiger charge is -2.37. The Morgan fingerprint density at radius 2 is 2.14 bits per heavy atom. The van der Waals surface area contributed by atoms with E-state index >= 15 is 0 Å². The lowest BCUT2D eigenvalue weighted by Crippen LogP contribution is -2.49. The Kier molecular flexibility index (Phi) is 6.45. The first-order valence-electron chi connectivity index (χ1n) is 6.55. The molecule has 2 rings (SSSR count). The van der Waals surface area contributed by atoms with Crippen LogP contribution in [0.5, 0.6) is 5.75 Å². The first-order chi connectivity index (χ1) is 9.63. The van der Waals surface area contributed by atoms with E-state index in [1.165, 1.54) is 0 Å². The number of amides is 2. The molecule has 1 atom stereocenters. The topological polar surface area (TPSA) is 84.7 Å². The molecule has 1 fully saturated rings. The zero-order chi connectivity index (χ0) is 14.5. The Hall–Kier alpha value is -1.79. The van der Waals surface area contributed by atoms with Gasteiger partial charge in [-0.1, -0.05) is 18.2 Å². The van der Waals surface area contributed by atoms with Crippen LogP contribution in [-0.2, 0) is 9.59 Å². The van der Waals surface area contributed by atoms with Gasteiger partial charge in [0.05, 0.1) is 13.2 Å². The predicted molar refractivity (Wildman–Crippen MR) is 81.4 cm³/mol. The number of methoxy groups -OCH3 is 1. The van der Waals surface area contributed by atoms with Gasteiger partial charge in [-0.3, -0.25) is 9.59 Å². The lowest BCUT2D eigenvalue weighted by molar-refractivity contribution is -0.137. The van der Waals surface area contributed by atoms with Crippen LogP contribution in [0.1, 0.15) is 18.0 Å². The van der Waals surface area contributed by atoms with Crippen molar-refractivity contribution < 1.29 is 14.3 Å². The number of hydrogen-bond donors (Lipinski definition) is 2. The standard InChI is InChI=1S/C14H19N3O3.ClH/c1-20-12-5-3-2-4-10(12)11-9-16-6-7-17(11)14(19)8-13(15)18;/h2-5,11,16H,6-9H2,1H3,(H2,15,18);1H. The number of halogens is 1. The summed E-state index contributed by atoms with van der Waals surface area (Å²) in [5.74, 6) is -0.111. The molecule has 3 N–H and O–H groups in total. The van der Waals surface area contributed by atoms with Gasteiger partial charge in [0.25, 0.3) is 0 Å². The molecule has 1 aromatic rings. The second-order valence-electron chi connectivity index (χ2n) is 4.69. The van der Waals surface area contributed by atoms with Gasteiger partial charge in [-0.2, -0.15) is 0 Å². The number of carbonyl (C=O) groups excluding carboxylic acids is 2. The van der Waals surface area contributed by atoms with Crippen LogP contribution in [0.3, 0.4) is 0 Å². The summed E-state index contributed by atoms with van der Waals surface area (Å²) in [7, 11) is 1.60. The summed E-state index contributed by atoms with van der Waals surface area (Å²) in [6, 6.07) is 7.44. The van der Waals surface area contributed by atoms with Crippen molar-refractivity contribution in [1.82, 2.24) is 10.2 Å². The summed E-state index contributed by atoms with van der Waals surface area (Å²) < 4.78 is 5.35. The molecule has 7 heteroatoms. The smallest absolute Gasteiger partial charge is 0.232 e. The minimum Gasteiger partial charge on any atom is -0.496 e. The number of rotatable bonds is 4. The van der Waals surface area contributed by atoms with Crippen LogP contribution < -0.4 is 15.8 Å². The van der Waals surface area contributed by atoms with Gasteiger partial charge in [0.2, 0.25) is 11.8 Å². The maximum atomic E-state index is 12.1. The van der Waals surface area contributed by atoms with E-state index in [0.29, 0.717) is 19.6 Å². The molecule has 1 aliphatic heterocycles. The van der Waals surface area contributed by atoms with Crippen LogP contribution >= 0.6 is 12.4 Å². The van der Waals surface area contributed by atoms with Crippen molar-refractivity contribution in [2.24, 2.45) is 5.73 Å². The molecule has 1 heterocycles. The van der Waals surface area contributed by atoms with E-state index in [1.54, 1.807) is 12.0 Å². The molecule has 21 heavy (non-hydrogen) atoms. The van der Waals surface area contributed by atoms with E-state index in [4.69, 9.17) is 10.5 Å². The minimum atomic E-state index is -0.604. The fraction of sp³-hybridized carbons (Fsp3) is 0.429. The normalized spacial score (nSPS) is 17.8. The quantitative estimate of drug-likeness (QED) is 0.791. The van der Waals surface area contributed by atoms with Crippen molar-refractivity contribution in [3.63, 3.8) is 0 Å². The van der Waals surface area contributed by atoms with Gasteiger partial charge in [-0.05, 0) is 6.07 Å². The Morgan fingerprint density at radius 1 is 1.43 bits per heavy atom. The average Bonchev–Trinajstić information content (AvgIpc) is 2.46. The first-order valence-corrected chi connectivity index (χ1v) is 6.55. The molecule has 1 aliphatic rings. The van der Waals surface area contributed by atoms with Crippen LogP contribution in [0.25, 0.3) is 0 Å². The summed E-state index contributed by atoms with van der Waals surface area (Å²) in [4.78, 5) is 24.8.